The normalized spacial score (nSPS) is 12.1. The van der Waals surface area contributed by atoms with E-state index in [2.05, 4.69) is 5.32 Å². The SMILES string of the molecule is CCNC(=O)[C@@H](C)N(Cc1ccc(Cl)c(Cl)c1)C(=O)CN(c1cc(C)cc(C)c1)S(=O)(=O)c1ccc(C)cc1. The molecule has 3 rings (SSSR count). The number of carbonyl (C=O) groups is 2. The largest absolute Gasteiger partial charge is 0.355 e. The molecule has 10 heteroatoms. The maximum atomic E-state index is 13.9. The van der Waals surface area contributed by atoms with Crippen molar-refractivity contribution >= 4 is 50.7 Å². The summed E-state index contributed by atoms with van der Waals surface area (Å²) in [6.07, 6.45) is 0. The number of nitrogens with zero attached hydrogens (tertiary/aromatic N) is 2. The highest BCUT2D eigenvalue weighted by atomic mass is 35.5. The molecule has 0 aromatic heterocycles. The molecule has 0 fully saturated rings. The molecule has 0 saturated carbocycles. The number of aryl methyl sites for hydroxylation is 3. The van der Waals surface area contributed by atoms with Crippen molar-refractivity contribution in [2.24, 2.45) is 0 Å². The maximum absolute atomic E-state index is 13.9. The highest BCUT2D eigenvalue weighted by Gasteiger charge is 2.32. The highest BCUT2D eigenvalue weighted by Crippen LogP contribution is 2.28. The Bertz CT molecular complexity index is 1440. The third-order valence-electron chi connectivity index (χ3n) is 6.24. The number of carbonyl (C=O) groups excluding carboxylic acids is 2. The topological polar surface area (TPSA) is 86.8 Å². The number of anilines is 1. The van der Waals surface area contributed by atoms with Gasteiger partial charge in [0.25, 0.3) is 10.0 Å². The van der Waals surface area contributed by atoms with Crippen LogP contribution in [0.1, 0.15) is 36.1 Å². The lowest BCUT2D eigenvalue weighted by molar-refractivity contribution is -0.139. The fourth-order valence-electron chi connectivity index (χ4n) is 4.20. The second-order valence-corrected chi connectivity index (χ2v) is 12.2. The zero-order valence-corrected chi connectivity index (χ0v) is 25.0. The molecule has 1 N–H and O–H groups in total. The fraction of sp³-hybridized carbons (Fsp3) is 0.310. The van der Waals surface area contributed by atoms with E-state index >= 15 is 0 Å². The minimum atomic E-state index is -4.13. The molecule has 208 valence electrons. The summed E-state index contributed by atoms with van der Waals surface area (Å²) >= 11 is 12.3. The number of amides is 2. The van der Waals surface area contributed by atoms with Crippen LogP contribution in [-0.4, -0.2) is 44.3 Å². The van der Waals surface area contributed by atoms with Crippen molar-refractivity contribution in [3.05, 3.63) is 93.0 Å². The molecule has 0 spiro atoms. The maximum Gasteiger partial charge on any atom is 0.264 e. The quantitative estimate of drug-likeness (QED) is 0.330. The van der Waals surface area contributed by atoms with Crippen LogP contribution in [0.2, 0.25) is 10.0 Å². The van der Waals surface area contributed by atoms with Gasteiger partial charge in [-0.25, -0.2) is 8.42 Å². The van der Waals surface area contributed by atoms with Crippen molar-refractivity contribution in [3.63, 3.8) is 0 Å². The Kier molecular flexibility index (Phi) is 10.0. The Morgan fingerprint density at radius 2 is 1.49 bits per heavy atom. The van der Waals surface area contributed by atoms with E-state index in [9.17, 15) is 18.0 Å². The Hall–Kier alpha value is -3.07. The first-order valence-electron chi connectivity index (χ1n) is 12.5. The van der Waals surface area contributed by atoms with Crippen LogP contribution in [0.4, 0.5) is 5.69 Å². The molecular formula is C29H33Cl2N3O4S. The standard InChI is InChI=1S/C29H33Cl2N3O4S/c1-6-32-29(36)22(5)33(17-23-9-12-26(30)27(31)16-23)28(35)18-34(24-14-20(3)13-21(4)15-24)39(37,38)25-10-7-19(2)8-11-25/h7-16,22H,6,17-18H2,1-5H3,(H,32,36)/t22-/m1/s1. The number of halogens is 2. The number of rotatable bonds is 10. The molecule has 7 nitrogen and oxygen atoms in total. The highest BCUT2D eigenvalue weighted by molar-refractivity contribution is 7.92. The lowest BCUT2D eigenvalue weighted by Gasteiger charge is -2.32. The number of likely N-dealkylation sites (N-methyl/N-ethyl adjacent to an activating group) is 1. The van der Waals surface area contributed by atoms with Crippen LogP contribution in [-0.2, 0) is 26.2 Å². The number of hydrogen-bond acceptors (Lipinski definition) is 4. The van der Waals surface area contributed by atoms with Gasteiger partial charge in [0.05, 0.1) is 20.6 Å². The van der Waals surface area contributed by atoms with Crippen molar-refractivity contribution in [1.29, 1.82) is 0 Å². The number of nitrogens with one attached hydrogen (secondary N) is 1. The minimum absolute atomic E-state index is 0.0271. The van der Waals surface area contributed by atoms with Gasteiger partial charge < -0.3 is 10.2 Å². The molecule has 1 atom stereocenters. The van der Waals surface area contributed by atoms with Crippen molar-refractivity contribution in [1.82, 2.24) is 10.2 Å². The molecule has 0 aliphatic rings. The summed E-state index contributed by atoms with van der Waals surface area (Å²) in [6.45, 7) is 8.89. The van der Waals surface area contributed by atoms with E-state index in [4.69, 9.17) is 23.2 Å². The molecule has 0 bridgehead atoms. The lowest BCUT2D eigenvalue weighted by atomic mass is 10.1. The molecule has 0 unspecified atom stereocenters. The van der Waals surface area contributed by atoms with Crippen LogP contribution < -0.4 is 9.62 Å². The molecule has 3 aromatic carbocycles. The van der Waals surface area contributed by atoms with Gasteiger partial charge in [-0.05, 0) is 87.7 Å². The summed E-state index contributed by atoms with van der Waals surface area (Å²) in [5, 5.41) is 3.41. The average molecular weight is 591 g/mol. The van der Waals surface area contributed by atoms with E-state index in [1.807, 2.05) is 26.8 Å². The molecule has 3 aromatic rings. The van der Waals surface area contributed by atoms with E-state index in [1.54, 1.807) is 56.3 Å². The van der Waals surface area contributed by atoms with Crippen LogP contribution >= 0.6 is 23.2 Å². The third-order valence-corrected chi connectivity index (χ3v) is 8.76. The molecule has 0 heterocycles. The van der Waals surface area contributed by atoms with Crippen molar-refractivity contribution in [2.75, 3.05) is 17.4 Å². The van der Waals surface area contributed by atoms with Crippen LogP contribution in [0, 0.1) is 20.8 Å². The molecule has 0 saturated heterocycles. The van der Waals surface area contributed by atoms with Gasteiger partial charge in [0.1, 0.15) is 12.6 Å². The first-order chi connectivity index (χ1) is 18.3. The molecular weight excluding hydrogens is 557 g/mol. The first kappa shape index (κ1) is 30.5. The third kappa shape index (κ3) is 7.53. The van der Waals surface area contributed by atoms with E-state index < -0.39 is 28.5 Å². The second kappa shape index (κ2) is 12.9. The van der Waals surface area contributed by atoms with Crippen molar-refractivity contribution in [2.45, 2.75) is 52.1 Å². The second-order valence-electron chi connectivity index (χ2n) is 9.51. The monoisotopic (exact) mass is 589 g/mol. The lowest BCUT2D eigenvalue weighted by Crippen LogP contribution is -2.51. The summed E-state index contributed by atoms with van der Waals surface area (Å²) in [7, 11) is -4.13. The van der Waals surface area contributed by atoms with Gasteiger partial charge in [0.15, 0.2) is 0 Å². The van der Waals surface area contributed by atoms with E-state index in [1.165, 1.54) is 17.0 Å². The van der Waals surface area contributed by atoms with Crippen molar-refractivity contribution < 1.29 is 18.0 Å². The summed E-state index contributed by atoms with van der Waals surface area (Å²) in [4.78, 5) is 28.1. The van der Waals surface area contributed by atoms with Crippen LogP contribution in [0.3, 0.4) is 0 Å². The fourth-order valence-corrected chi connectivity index (χ4v) is 5.92. The number of hydrogen-bond donors (Lipinski definition) is 1. The Balaban J connectivity index is 2.07. The van der Waals surface area contributed by atoms with E-state index in [0.29, 0.717) is 27.8 Å². The Morgan fingerprint density at radius 3 is 2.05 bits per heavy atom. The van der Waals surface area contributed by atoms with Gasteiger partial charge in [-0.1, -0.05) is 53.0 Å². The summed E-state index contributed by atoms with van der Waals surface area (Å²) in [5.74, 6) is -0.903. The Labute approximate surface area is 240 Å². The summed E-state index contributed by atoms with van der Waals surface area (Å²) < 4.78 is 28.9. The van der Waals surface area contributed by atoms with E-state index in [0.717, 1.165) is 21.0 Å². The Morgan fingerprint density at radius 1 is 0.872 bits per heavy atom. The molecule has 2 amide bonds. The average Bonchev–Trinajstić information content (AvgIpc) is 2.87. The zero-order chi connectivity index (χ0) is 28.9. The minimum Gasteiger partial charge on any atom is -0.355 e. The molecule has 0 aliphatic heterocycles. The van der Waals surface area contributed by atoms with Crippen LogP contribution in [0.25, 0.3) is 0 Å². The zero-order valence-electron chi connectivity index (χ0n) is 22.7. The van der Waals surface area contributed by atoms with E-state index in [-0.39, 0.29) is 17.3 Å². The van der Waals surface area contributed by atoms with Gasteiger partial charge in [-0.15, -0.1) is 0 Å². The summed E-state index contributed by atoms with van der Waals surface area (Å²) in [5.41, 5.74) is 3.62. The smallest absolute Gasteiger partial charge is 0.264 e. The van der Waals surface area contributed by atoms with Gasteiger partial charge >= 0.3 is 0 Å². The molecule has 0 radical (unpaired) electrons. The predicted molar refractivity (Wildman–Crippen MR) is 157 cm³/mol. The number of sulfonamides is 1. The van der Waals surface area contributed by atoms with Crippen LogP contribution in [0.15, 0.2) is 65.6 Å². The van der Waals surface area contributed by atoms with Crippen LogP contribution in [0.5, 0.6) is 0 Å². The van der Waals surface area contributed by atoms with Gasteiger partial charge in [0, 0.05) is 13.1 Å². The molecule has 39 heavy (non-hydrogen) atoms. The first-order valence-corrected chi connectivity index (χ1v) is 14.7. The van der Waals surface area contributed by atoms with Crippen molar-refractivity contribution in [3.8, 4) is 0 Å². The van der Waals surface area contributed by atoms with Gasteiger partial charge in [-0.2, -0.15) is 0 Å². The number of benzene rings is 3. The van der Waals surface area contributed by atoms with Gasteiger partial charge in [-0.3, -0.25) is 13.9 Å². The van der Waals surface area contributed by atoms with Gasteiger partial charge in [0.2, 0.25) is 11.8 Å². The molecule has 0 aliphatic carbocycles. The predicted octanol–water partition coefficient (Wildman–Crippen LogP) is 5.67. The summed E-state index contributed by atoms with van der Waals surface area (Å²) in [6, 6.07) is 15.9.